The first kappa shape index (κ1) is 31.4. The molecule has 7 nitrogen and oxygen atoms in total. The van der Waals surface area contributed by atoms with E-state index in [0.29, 0.717) is 50.2 Å². The average Bonchev–Trinajstić information content (AvgIpc) is 3.00. The lowest BCUT2D eigenvalue weighted by Gasteiger charge is -2.32. The van der Waals surface area contributed by atoms with Crippen molar-refractivity contribution in [1.82, 2.24) is 4.90 Å². The first-order chi connectivity index (χ1) is 20.4. The summed E-state index contributed by atoms with van der Waals surface area (Å²) in [4.78, 5) is 4.36. The molecule has 1 atom stereocenters. The van der Waals surface area contributed by atoms with E-state index in [2.05, 4.69) is 22.8 Å². The van der Waals surface area contributed by atoms with Crippen LogP contribution in [0.1, 0.15) is 48.4 Å². The normalized spacial score (nSPS) is 14.5. The molecule has 0 aliphatic heterocycles. The van der Waals surface area contributed by atoms with Crippen LogP contribution in [0.4, 0.5) is 10.1 Å². The molecule has 0 unspecified atom stereocenters. The van der Waals surface area contributed by atoms with Crippen molar-refractivity contribution in [3.05, 3.63) is 76.6 Å². The number of aryl methyl sites for hydroxylation is 1. The average molecular weight is 581 g/mol. The largest absolute Gasteiger partial charge is 0.508 e. The molecule has 3 aromatic carbocycles. The highest BCUT2D eigenvalue weighted by atomic mass is 19.1. The second-order valence-electron chi connectivity index (χ2n) is 10.8. The third kappa shape index (κ3) is 7.86. The van der Waals surface area contributed by atoms with Gasteiger partial charge in [-0.05, 0) is 98.7 Å². The number of phenolic OH excluding ortho intramolecular Hbond substituents is 1. The molecular weight excluding hydrogens is 535 g/mol. The SMILES string of the molecule is CCOCCN(C)CCOc1ccc(CN(CC)c2cc(OC)c(OC)cc2[C@@H]2CCc3cc(O)ccc3C2)cc1F. The van der Waals surface area contributed by atoms with Gasteiger partial charge < -0.3 is 33.9 Å². The van der Waals surface area contributed by atoms with Crippen LogP contribution in [0.2, 0.25) is 0 Å². The molecule has 42 heavy (non-hydrogen) atoms. The van der Waals surface area contributed by atoms with Gasteiger partial charge in [0.15, 0.2) is 23.1 Å². The van der Waals surface area contributed by atoms with Gasteiger partial charge in [-0.1, -0.05) is 12.1 Å². The van der Waals surface area contributed by atoms with E-state index in [4.69, 9.17) is 18.9 Å². The Balaban J connectivity index is 1.52. The van der Waals surface area contributed by atoms with Crippen molar-refractivity contribution >= 4 is 5.69 Å². The highest BCUT2D eigenvalue weighted by molar-refractivity contribution is 5.64. The third-order valence-corrected chi connectivity index (χ3v) is 8.04. The summed E-state index contributed by atoms with van der Waals surface area (Å²) in [5.74, 6) is 1.84. The number of halogens is 1. The van der Waals surface area contributed by atoms with Gasteiger partial charge in [-0.25, -0.2) is 4.39 Å². The summed E-state index contributed by atoms with van der Waals surface area (Å²) in [6.45, 7) is 8.62. The van der Waals surface area contributed by atoms with E-state index in [-0.39, 0.29) is 17.5 Å². The summed E-state index contributed by atoms with van der Waals surface area (Å²) >= 11 is 0. The number of nitrogens with zero attached hydrogens (tertiary/aromatic N) is 2. The summed E-state index contributed by atoms with van der Waals surface area (Å²) < 4.78 is 37.6. The molecule has 0 spiro atoms. The van der Waals surface area contributed by atoms with E-state index < -0.39 is 0 Å². The summed E-state index contributed by atoms with van der Waals surface area (Å²) in [7, 11) is 5.30. The molecule has 1 aliphatic rings. The minimum atomic E-state index is -0.361. The van der Waals surface area contributed by atoms with Crippen molar-refractivity contribution in [3.8, 4) is 23.0 Å². The Morgan fingerprint density at radius 3 is 2.38 bits per heavy atom. The lowest BCUT2D eigenvalue weighted by molar-refractivity contribution is 0.116. The number of likely N-dealkylation sites (N-methyl/N-ethyl adjacent to an activating group) is 1. The van der Waals surface area contributed by atoms with E-state index in [1.165, 1.54) is 16.7 Å². The molecule has 0 amide bonds. The van der Waals surface area contributed by atoms with Crippen LogP contribution in [0.15, 0.2) is 48.5 Å². The molecule has 0 saturated carbocycles. The first-order valence-electron chi connectivity index (χ1n) is 14.9. The highest BCUT2D eigenvalue weighted by Crippen LogP contribution is 2.43. The maximum absolute atomic E-state index is 15.1. The van der Waals surface area contributed by atoms with Gasteiger partial charge in [0.1, 0.15) is 12.4 Å². The molecule has 1 aliphatic carbocycles. The molecule has 4 rings (SSSR count). The fourth-order valence-electron chi connectivity index (χ4n) is 5.63. The topological polar surface area (TPSA) is 63.6 Å². The fourth-order valence-corrected chi connectivity index (χ4v) is 5.63. The number of rotatable bonds is 15. The highest BCUT2D eigenvalue weighted by Gasteiger charge is 2.26. The van der Waals surface area contributed by atoms with Gasteiger partial charge in [-0.2, -0.15) is 0 Å². The molecule has 228 valence electrons. The van der Waals surface area contributed by atoms with Crippen LogP contribution >= 0.6 is 0 Å². The van der Waals surface area contributed by atoms with Crippen LogP contribution in [0.3, 0.4) is 0 Å². The van der Waals surface area contributed by atoms with E-state index in [1.807, 2.05) is 38.2 Å². The van der Waals surface area contributed by atoms with Crippen molar-refractivity contribution < 1.29 is 28.4 Å². The molecule has 8 heteroatoms. The predicted molar refractivity (Wildman–Crippen MR) is 165 cm³/mol. The molecule has 0 aromatic heterocycles. The summed E-state index contributed by atoms with van der Waals surface area (Å²) in [6, 6.07) is 15.0. The standard InChI is InChI=1S/C34H45FN2O5/c1-6-37(23-24-8-13-32(30(35)18-24)42-17-15-36(3)14-16-41-7-2)31-22-34(40-5)33(39-4)21-29(31)27-10-9-26-20-28(38)12-11-25(26)19-27/h8,11-13,18,20-22,27,38H,6-7,9-10,14-17,19,23H2,1-5H3/t27-/m1/s1. The van der Waals surface area contributed by atoms with Crippen LogP contribution < -0.4 is 19.1 Å². The number of methoxy groups -OCH3 is 2. The van der Waals surface area contributed by atoms with Crippen LogP contribution in [0, 0.1) is 5.82 Å². The number of benzene rings is 3. The Bertz CT molecular complexity index is 1320. The number of hydrogen-bond donors (Lipinski definition) is 1. The Morgan fingerprint density at radius 1 is 0.905 bits per heavy atom. The van der Waals surface area contributed by atoms with E-state index in [9.17, 15) is 5.11 Å². The molecule has 1 N–H and O–H groups in total. The van der Waals surface area contributed by atoms with Crippen molar-refractivity contribution in [2.75, 3.05) is 65.6 Å². The monoisotopic (exact) mass is 580 g/mol. The molecule has 0 fully saturated rings. The van der Waals surface area contributed by atoms with Crippen molar-refractivity contribution in [2.24, 2.45) is 0 Å². The molecule has 3 aromatic rings. The molecule has 0 saturated heterocycles. The fraction of sp³-hybridized carbons (Fsp3) is 0.471. The van der Waals surface area contributed by atoms with Crippen LogP contribution in [0.5, 0.6) is 23.0 Å². The number of fused-ring (bicyclic) bond motifs is 1. The van der Waals surface area contributed by atoms with Gasteiger partial charge in [-0.3, -0.25) is 0 Å². The quantitative estimate of drug-likeness (QED) is 0.215. The van der Waals surface area contributed by atoms with E-state index in [0.717, 1.165) is 43.6 Å². The Hall–Kier alpha value is -3.49. The zero-order valence-corrected chi connectivity index (χ0v) is 25.6. The maximum Gasteiger partial charge on any atom is 0.165 e. The molecule has 0 bridgehead atoms. The zero-order valence-electron chi connectivity index (χ0n) is 25.6. The smallest absolute Gasteiger partial charge is 0.165 e. The van der Waals surface area contributed by atoms with Crippen molar-refractivity contribution in [1.29, 1.82) is 0 Å². The Kier molecular flexibility index (Phi) is 11.3. The van der Waals surface area contributed by atoms with Crippen LogP contribution in [-0.2, 0) is 24.1 Å². The van der Waals surface area contributed by atoms with Gasteiger partial charge in [0.05, 0.1) is 20.8 Å². The van der Waals surface area contributed by atoms with Gasteiger partial charge in [0, 0.05) is 44.5 Å². The van der Waals surface area contributed by atoms with Gasteiger partial charge >= 0.3 is 0 Å². The first-order valence-corrected chi connectivity index (χ1v) is 14.9. The maximum atomic E-state index is 15.1. The summed E-state index contributed by atoms with van der Waals surface area (Å²) in [5, 5.41) is 9.95. The second kappa shape index (κ2) is 15.1. The van der Waals surface area contributed by atoms with Crippen molar-refractivity contribution in [3.63, 3.8) is 0 Å². The predicted octanol–water partition coefficient (Wildman–Crippen LogP) is 6.19. The minimum absolute atomic E-state index is 0.263. The number of anilines is 1. The van der Waals surface area contributed by atoms with E-state index in [1.54, 1.807) is 32.4 Å². The molecule has 0 heterocycles. The lowest BCUT2D eigenvalue weighted by atomic mass is 9.79. The molecular formula is C34H45FN2O5. The number of phenols is 1. The summed E-state index contributed by atoms with van der Waals surface area (Å²) in [6.07, 6.45) is 2.72. The number of ether oxygens (including phenoxy) is 4. The Morgan fingerprint density at radius 2 is 1.67 bits per heavy atom. The molecule has 0 radical (unpaired) electrons. The van der Waals surface area contributed by atoms with Gasteiger partial charge in [0.2, 0.25) is 0 Å². The second-order valence-corrected chi connectivity index (χ2v) is 10.8. The zero-order chi connectivity index (χ0) is 30.1. The van der Waals surface area contributed by atoms with Gasteiger partial charge in [0.25, 0.3) is 0 Å². The third-order valence-electron chi connectivity index (χ3n) is 8.04. The Labute approximate surface area is 249 Å². The number of aromatic hydroxyl groups is 1. The van der Waals surface area contributed by atoms with E-state index >= 15 is 4.39 Å². The van der Waals surface area contributed by atoms with Crippen molar-refractivity contribution in [2.45, 2.75) is 45.6 Å². The van der Waals surface area contributed by atoms with Crippen LogP contribution in [0.25, 0.3) is 0 Å². The van der Waals surface area contributed by atoms with Gasteiger partial charge in [-0.15, -0.1) is 0 Å². The lowest BCUT2D eigenvalue weighted by Crippen LogP contribution is -2.28. The van der Waals surface area contributed by atoms with Crippen LogP contribution in [-0.4, -0.2) is 70.7 Å². The number of hydrogen-bond acceptors (Lipinski definition) is 7. The minimum Gasteiger partial charge on any atom is -0.508 e. The summed E-state index contributed by atoms with van der Waals surface area (Å²) in [5.41, 5.74) is 5.56.